The molecule has 3 aliphatic rings. The highest BCUT2D eigenvalue weighted by Gasteiger charge is 2.50. The molecule has 6 rings (SSSR count). The molecule has 5 amide bonds. The number of carbonyl (C=O) groups excluding carboxylic acids is 4. The van der Waals surface area contributed by atoms with Crippen LogP contribution in [0.15, 0.2) is 60.9 Å². The number of methoxy groups -OCH3 is 1. The van der Waals surface area contributed by atoms with Crippen molar-refractivity contribution < 1.29 is 23.9 Å². The highest BCUT2D eigenvalue weighted by molar-refractivity contribution is 6.08. The van der Waals surface area contributed by atoms with Gasteiger partial charge in [0.2, 0.25) is 0 Å². The summed E-state index contributed by atoms with van der Waals surface area (Å²) in [5.74, 6) is -0.357. The van der Waals surface area contributed by atoms with Gasteiger partial charge in [0, 0.05) is 36.1 Å². The van der Waals surface area contributed by atoms with E-state index < -0.39 is 17.5 Å². The van der Waals surface area contributed by atoms with Crippen molar-refractivity contribution >= 4 is 23.8 Å². The molecule has 1 aromatic heterocycles. The molecule has 2 fully saturated rings. The van der Waals surface area contributed by atoms with Crippen LogP contribution in [-0.2, 0) is 16.9 Å². The minimum absolute atomic E-state index is 0.0435. The Labute approximate surface area is 218 Å². The van der Waals surface area contributed by atoms with E-state index in [-0.39, 0.29) is 24.4 Å². The summed E-state index contributed by atoms with van der Waals surface area (Å²) in [6, 6.07) is 13.8. The van der Waals surface area contributed by atoms with Crippen molar-refractivity contribution in [3.63, 3.8) is 0 Å². The lowest BCUT2D eigenvalue weighted by Crippen LogP contribution is -2.52. The van der Waals surface area contributed by atoms with Crippen molar-refractivity contribution in [2.45, 2.75) is 31.0 Å². The van der Waals surface area contributed by atoms with Gasteiger partial charge in [-0.15, -0.1) is 0 Å². The molecule has 2 aromatic carbocycles. The molecule has 3 aromatic rings. The molecule has 10 heteroatoms. The van der Waals surface area contributed by atoms with Gasteiger partial charge in [0.05, 0.1) is 19.2 Å². The number of nitrogens with one attached hydrogen (secondary N) is 3. The van der Waals surface area contributed by atoms with Crippen LogP contribution < -0.4 is 20.7 Å². The third-order valence-corrected chi connectivity index (χ3v) is 7.19. The Balaban J connectivity index is 1.28. The van der Waals surface area contributed by atoms with Gasteiger partial charge in [0.25, 0.3) is 17.7 Å². The normalized spacial score (nSPS) is 20.1. The number of ether oxygens (including phenoxy) is 1. The van der Waals surface area contributed by atoms with E-state index >= 15 is 0 Å². The van der Waals surface area contributed by atoms with Gasteiger partial charge in [0.15, 0.2) is 5.54 Å². The second-order valence-electron chi connectivity index (χ2n) is 9.79. The van der Waals surface area contributed by atoms with Gasteiger partial charge in [-0.2, -0.15) is 0 Å². The van der Waals surface area contributed by atoms with Gasteiger partial charge in [-0.1, -0.05) is 30.3 Å². The minimum Gasteiger partial charge on any atom is -0.497 e. The van der Waals surface area contributed by atoms with E-state index in [9.17, 15) is 19.2 Å². The van der Waals surface area contributed by atoms with Crippen molar-refractivity contribution in [1.29, 1.82) is 0 Å². The lowest BCUT2D eigenvalue weighted by Gasteiger charge is -2.31. The van der Waals surface area contributed by atoms with Crippen molar-refractivity contribution in [3.05, 3.63) is 83.2 Å². The lowest BCUT2D eigenvalue weighted by atomic mass is 9.88. The molecular formula is C28H25N5O5. The number of hydrogen-bond donors (Lipinski definition) is 3. The van der Waals surface area contributed by atoms with E-state index in [0.29, 0.717) is 29.0 Å². The first kappa shape index (κ1) is 23.7. The van der Waals surface area contributed by atoms with E-state index in [2.05, 4.69) is 20.9 Å². The Morgan fingerprint density at radius 1 is 1.08 bits per heavy atom. The fourth-order valence-corrected chi connectivity index (χ4v) is 4.94. The quantitative estimate of drug-likeness (QED) is 0.418. The number of nitrogens with zero attached hydrogens (tertiary/aromatic N) is 2. The highest BCUT2D eigenvalue weighted by Crippen LogP contribution is 2.33. The topological polar surface area (TPSA) is 130 Å². The number of amides is 5. The molecule has 1 aliphatic carbocycles. The molecule has 0 spiro atoms. The van der Waals surface area contributed by atoms with Gasteiger partial charge in [0.1, 0.15) is 5.75 Å². The summed E-state index contributed by atoms with van der Waals surface area (Å²) >= 11 is 0. The van der Waals surface area contributed by atoms with Crippen molar-refractivity contribution in [3.8, 4) is 16.9 Å². The SMILES string of the molecule is COc1ccc2c(c1)C(=O)N(CC1(c3ccc(-c4cncc(C(=O)NC5CC5)c4)cc3)NC(=O)NC1=O)C2. The number of fused-ring (bicyclic) bond motifs is 1. The van der Waals surface area contributed by atoms with Crippen LogP contribution in [0.4, 0.5) is 4.79 Å². The molecule has 1 unspecified atom stereocenters. The molecule has 2 aliphatic heterocycles. The maximum absolute atomic E-state index is 13.2. The van der Waals surface area contributed by atoms with Crippen LogP contribution in [0.1, 0.15) is 44.7 Å². The number of rotatable bonds is 7. The molecule has 1 saturated carbocycles. The number of aromatic nitrogens is 1. The zero-order chi connectivity index (χ0) is 26.4. The smallest absolute Gasteiger partial charge is 0.322 e. The van der Waals surface area contributed by atoms with E-state index in [1.54, 1.807) is 53.6 Å². The third kappa shape index (κ3) is 4.13. The molecular weight excluding hydrogens is 486 g/mol. The molecule has 38 heavy (non-hydrogen) atoms. The summed E-state index contributed by atoms with van der Waals surface area (Å²) in [7, 11) is 1.53. The predicted molar refractivity (Wildman–Crippen MR) is 136 cm³/mol. The zero-order valence-electron chi connectivity index (χ0n) is 20.6. The van der Waals surface area contributed by atoms with Gasteiger partial charge in [-0.3, -0.25) is 24.7 Å². The molecule has 192 valence electrons. The minimum atomic E-state index is -1.46. The first-order valence-electron chi connectivity index (χ1n) is 12.3. The average molecular weight is 512 g/mol. The highest BCUT2D eigenvalue weighted by atomic mass is 16.5. The van der Waals surface area contributed by atoms with Gasteiger partial charge in [-0.25, -0.2) is 4.79 Å². The maximum atomic E-state index is 13.2. The number of carbonyl (C=O) groups is 4. The van der Waals surface area contributed by atoms with Crippen molar-refractivity contribution in [2.24, 2.45) is 0 Å². The zero-order valence-corrected chi connectivity index (χ0v) is 20.6. The monoisotopic (exact) mass is 511 g/mol. The van der Waals surface area contributed by atoms with Gasteiger partial charge in [-0.05, 0) is 47.7 Å². The summed E-state index contributed by atoms with van der Waals surface area (Å²) in [6.45, 7) is 0.265. The summed E-state index contributed by atoms with van der Waals surface area (Å²) in [6.07, 6.45) is 5.19. The van der Waals surface area contributed by atoms with Crippen LogP contribution in [0, 0.1) is 0 Å². The van der Waals surface area contributed by atoms with Crippen LogP contribution in [0.5, 0.6) is 5.75 Å². The Morgan fingerprint density at radius 3 is 2.55 bits per heavy atom. The van der Waals surface area contributed by atoms with Gasteiger partial charge < -0.3 is 20.3 Å². The van der Waals surface area contributed by atoms with Crippen LogP contribution >= 0.6 is 0 Å². The molecule has 10 nitrogen and oxygen atoms in total. The largest absolute Gasteiger partial charge is 0.497 e. The number of hydrogen-bond acceptors (Lipinski definition) is 6. The number of pyridine rings is 1. The molecule has 1 saturated heterocycles. The first-order chi connectivity index (χ1) is 18.4. The average Bonchev–Trinajstić information content (AvgIpc) is 3.63. The third-order valence-electron chi connectivity index (χ3n) is 7.19. The molecule has 0 bridgehead atoms. The Hall–Kier alpha value is -4.73. The first-order valence-corrected chi connectivity index (χ1v) is 12.3. The fraction of sp³-hybridized carbons (Fsp3) is 0.250. The lowest BCUT2D eigenvalue weighted by molar-refractivity contribution is -0.124. The van der Waals surface area contributed by atoms with Gasteiger partial charge >= 0.3 is 6.03 Å². The molecule has 1 atom stereocenters. The number of imide groups is 1. The van der Waals surface area contributed by atoms with Crippen molar-refractivity contribution in [2.75, 3.05) is 13.7 Å². The molecule has 3 heterocycles. The summed E-state index contributed by atoms with van der Waals surface area (Å²) in [5.41, 5.74) is 2.42. The second-order valence-corrected chi connectivity index (χ2v) is 9.79. The van der Waals surface area contributed by atoms with E-state index in [4.69, 9.17) is 4.74 Å². The van der Waals surface area contributed by atoms with E-state index in [1.807, 2.05) is 6.07 Å². The van der Waals surface area contributed by atoms with Crippen LogP contribution in [-0.4, -0.2) is 53.3 Å². The van der Waals surface area contributed by atoms with Crippen LogP contribution in [0.2, 0.25) is 0 Å². The Bertz CT molecular complexity index is 1480. The Morgan fingerprint density at radius 2 is 1.87 bits per heavy atom. The Kier molecular flexibility index (Phi) is 5.59. The summed E-state index contributed by atoms with van der Waals surface area (Å²) < 4.78 is 5.25. The molecule has 0 radical (unpaired) electrons. The maximum Gasteiger partial charge on any atom is 0.322 e. The fourth-order valence-electron chi connectivity index (χ4n) is 4.94. The standard InChI is InChI=1S/C28H25N5O5/c1-38-22-9-4-17-14-33(25(35)23(17)11-22)15-28(26(36)31-27(37)32-28)20-5-2-16(3-6-20)18-10-19(13-29-12-18)24(34)30-21-7-8-21/h2-6,9-13,21H,7-8,14-15H2,1H3,(H,30,34)(H2,31,32,36,37). The summed E-state index contributed by atoms with van der Waals surface area (Å²) in [4.78, 5) is 56.8. The number of benzene rings is 2. The second kappa shape index (κ2) is 8.98. The van der Waals surface area contributed by atoms with Crippen LogP contribution in [0.25, 0.3) is 11.1 Å². The molecule has 3 N–H and O–H groups in total. The summed E-state index contributed by atoms with van der Waals surface area (Å²) in [5, 5.41) is 8.03. The number of urea groups is 1. The van der Waals surface area contributed by atoms with Crippen LogP contribution in [0.3, 0.4) is 0 Å². The predicted octanol–water partition coefficient (Wildman–Crippen LogP) is 2.34. The van der Waals surface area contributed by atoms with E-state index in [1.165, 1.54) is 13.3 Å². The van der Waals surface area contributed by atoms with E-state index in [0.717, 1.165) is 29.5 Å². The van der Waals surface area contributed by atoms with Crippen molar-refractivity contribution in [1.82, 2.24) is 25.8 Å².